The Balaban J connectivity index is 1.81. The molecule has 0 aliphatic carbocycles. The fraction of sp³-hybridized carbons (Fsp3) is 0.286. The number of aryl methyl sites for hydroxylation is 1. The van der Waals surface area contributed by atoms with E-state index in [4.69, 9.17) is 5.10 Å². The molecular weight excluding hydrogens is 338 g/mol. The number of amides is 2. The topological polar surface area (TPSA) is 71.8 Å². The van der Waals surface area contributed by atoms with Crippen molar-refractivity contribution in [3.63, 3.8) is 0 Å². The SMILES string of the molecule is Cc1cccc(-n2nc(C(C)(C)C)cc2CNC(=O)Nc2ccccn2)c1. The Kier molecular flexibility index (Phi) is 5.26. The maximum Gasteiger partial charge on any atom is 0.320 e. The van der Waals surface area contributed by atoms with Gasteiger partial charge < -0.3 is 5.32 Å². The van der Waals surface area contributed by atoms with Crippen LogP contribution in [0.15, 0.2) is 54.7 Å². The first-order chi connectivity index (χ1) is 12.8. The molecule has 2 amide bonds. The Morgan fingerprint density at radius 3 is 2.59 bits per heavy atom. The third kappa shape index (κ3) is 4.73. The Labute approximate surface area is 159 Å². The second-order valence-electron chi connectivity index (χ2n) is 7.54. The quantitative estimate of drug-likeness (QED) is 0.730. The molecule has 0 unspecified atom stereocenters. The highest BCUT2D eigenvalue weighted by atomic mass is 16.2. The standard InChI is InChI=1S/C21H25N5O/c1-15-8-7-9-16(12-15)26-17(13-18(25-26)21(2,3)4)14-23-20(27)24-19-10-5-6-11-22-19/h5-13H,14H2,1-4H3,(H2,22,23,24,27). The van der Waals surface area contributed by atoms with E-state index in [-0.39, 0.29) is 11.4 Å². The van der Waals surface area contributed by atoms with Crippen LogP contribution in [0, 0.1) is 6.92 Å². The highest BCUT2D eigenvalue weighted by Gasteiger charge is 2.20. The number of hydrogen-bond acceptors (Lipinski definition) is 3. The van der Waals surface area contributed by atoms with Gasteiger partial charge in [-0.3, -0.25) is 5.32 Å². The van der Waals surface area contributed by atoms with Crippen LogP contribution >= 0.6 is 0 Å². The lowest BCUT2D eigenvalue weighted by atomic mass is 9.92. The smallest absolute Gasteiger partial charge is 0.320 e. The van der Waals surface area contributed by atoms with Crippen LogP contribution in [-0.2, 0) is 12.0 Å². The van der Waals surface area contributed by atoms with E-state index in [1.54, 1.807) is 18.3 Å². The molecule has 2 N–H and O–H groups in total. The summed E-state index contributed by atoms with van der Waals surface area (Å²) in [6, 6.07) is 15.3. The summed E-state index contributed by atoms with van der Waals surface area (Å²) in [4.78, 5) is 16.3. The van der Waals surface area contributed by atoms with Gasteiger partial charge in [-0.15, -0.1) is 0 Å². The van der Waals surface area contributed by atoms with Crippen molar-refractivity contribution >= 4 is 11.8 Å². The molecule has 3 aromatic rings. The number of anilines is 1. The van der Waals surface area contributed by atoms with E-state index in [2.05, 4.69) is 55.4 Å². The Bertz CT molecular complexity index is 925. The maximum absolute atomic E-state index is 12.2. The Morgan fingerprint density at radius 2 is 1.93 bits per heavy atom. The average Bonchev–Trinajstić information content (AvgIpc) is 3.05. The zero-order chi connectivity index (χ0) is 19.4. The minimum absolute atomic E-state index is 0.0833. The number of aromatic nitrogens is 3. The zero-order valence-electron chi connectivity index (χ0n) is 16.2. The van der Waals surface area contributed by atoms with E-state index < -0.39 is 0 Å². The van der Waals surface area contributed by atoms with Gasteiger partial charge >= 0.3 is 6.03 Å². The van der Waals surface area contributed by atoms with Gasteiger partial charge in [0.15, 0.2) is 0 Å². The number of nitrogens with one attached hydrogen (secondary N) is 2. The molecule has 0 aliphatic rings. The third-order valence-corrected chi connectivity index (χ3v) is 4.13. The third-order valence-electron chi connectivity index (χ3n) is 4.13. The van der Waals surface area contributed by atoms with Gasteiger partial charge in [-0.25, -0.2) is 14.5 Å². The van der Waals surface area contributed by atoms with Gasteiger partial charge in [-0.05, 0) is 42.8 Å². The van der Waals surface area contributed by atoms with Crippen molar-refractivity contribution in [3.8, 4) is 5.69 Å². The van der Waals surface area contributed by atoms with Gasteiger partial charge in [0, 0.05) is 11.6 Å². The molecule has 3 rings (SSSR count). The number of carbonyl (C=O) groups is 1. The van der Waals surface area contributed by atoms with Gasteiger partial charge in [0.25, 0.3) is 0 Å². The molecule has 0 fully saturated rings. The largest absolute Gasteiger partial charge is 0.332 e. The summed E-state index contributed by atoms with van der Waals surface area (Å²) in [5.41, 5.74) is 3.95. The number of benzene rings is 1. The normalized spacial score (nSPS) is 11.3. The summed E-state index contributed by atoms with van der Waals surface area (Å²) in [7, 11) is 0. The molecule has 0 spiro atoms. The molecule has 140 valence electrons. The summed E-state index contributed by atoms with van der Waals surface area (Å²) >= 11 is 0. The molecule has 2 heterocycles. The molecule has 0 saturated carbocycles. The molecule has 0 bridgehead atoms. The van der Waals surface area contributed by atoms with Gasteiger partial charge in [0.2, 0.25) is 0 Å². The minimum Gasteiger partial charge on any atom is -0.332 e. The van der Waals surface area contributed by atoms with Crippen LogP contribution in [-0.4, -0.2) is 20.8 Å². The lowest BCUT2D eigenvalue weighted by Gasteiger charge is -2.14. The first kappa shape index (κ1) is 18.6. The number of rotatable bonds is 4. The van der Waals surface area contributed by atoms with Crippen molar-refractivity contribution < 1.29 is 4.79 Å². The highest BCUT2D eigenvalue weighted by Crippen LogP contribution is 2.24. The summed E-state index contributed by atoms with van der Waals surface area (Å²) < 4.78 is 1.90. The molecule has 1 aromatic carbocycles. The average molecular weight is 363 g/mol. The van der Waals surface area contributed by atoms with Gasteiger partial charge in [-0.1, -0.05) is 39.0 Å². The van der Waals surface area contributed by atoms with E-state index in [0.29, 0.717) is 12.4 Å². The summed E-state index contributed by atoms with van der Waals surface area (Å²) in [6.45, 7) is 8.79. The van der Waals surface area contributed by atoms with E-state index in [0.717, 1.165) is 22.6 Å². The molecule has 6 nitrogen and oxygen atoms in total. The predicted molar refractivity (Wildman–Crippen MR) is 107 cm³/mol. The lowest BCUT2D eigenvalue weighted by molar-refractivity contribution is 0.251. The predicted octanol–water partition coefficient (Wildman–Crippen LogP) is 4.19. The van der Waals surface area contributed by atoms with Crippen LogP contribution in [0.25, 0.3) is 5.69 Å². The second-order valence-corrected chi connectivity index (χ2v) is 7.54. The van der Waals surface area contributed by atoms with Crippen LogP contribution < -0.4 is 10.6 Å². The summed E-state index contributed by atoms with van der Waals surface area (Å²) in [5.74, 6) is 0.512. The monoisotopic (exact) mass is 363 g/mol. The minimum atomic E-state index is -0.303. The molecule has 27 heavy (non-hydrogen) atoms. The first-order valence-corrected chi connectivity index (χ1v) is 8.95. The number of carbonyl (C=O) groups excluding carboxylic acids is 1. The van der Waals surface area contributed by atoms with Crippen molar-refractivity contribution in [2.45, 2.75) is 39.7 Å². The van der Waals surface area contributed by atoms with Crippen LogP contribution in [0.4, 0.5) is 10.6 Å². The lowest BCUT2D eigenvalue weighted by Crippen LogP contribution is -2.29. The van der Waals surface area contributed by atoms with Crippen molar-refractivity contribution in [1.29, 1.82) is 0 Å². The number of hydrogen-bond donors (Lipinski definition) is 2. The van der Waals surface area contributed by atoms with Crippen molar-refractivity contribution in [2.75, 3.05) is 5.32 Å². The molecule has 0 saturated heterocycles. The van der Waals surface area contributed by atoms with Gasteiger partial charge in [0.1, 0.15) is 5.82 Å². The van der Waals surface area contributed by atoms with Gasteiger partial charge in [-0.2, -0.15) is 5.10 Å². The van der Waals surface area contributed by atoms with Crippen molar-refractivity contribution in [1.82, 2.24) is 20.1 Å². The van der Waals surface area contributed by atoms with E-state index >= 15 is 0 Å². The molecule has 0 aliphatic heterocycles. The van der Waals surface area contributed by atoms with Crippen LogP contribution in [0.3, 0.4) is 0 Å². The van der Waals surface area contributed by atoms with Crippen molar-refractivity contribution in [3.05, 3.63) is 71.7 Å². The maximum atomic E-state index is 12.2. The van der Waals surface area contributed by atoms with Crippen LogP contribution in [0.2, 0.25) is 0 Å². The fourth-order valence-corrected chi connectivity index (χ4v) is 2.66. The molecule has 6 heteroatoms. The van der Waals surface area contributed by atoms with Crippen LogP contribution in [0.1, 0.15) is 37.7 Å². The Morgan fingerprint density at radius 1 is 1.11 bits per heavy atom. The molecule has 0 atom stereocenters. The van der Waals surface area contributed by atoms with E-state index in [1.807, 2.05) is 28.9 Å². The number of pyridine rings is 1. The van der Waals surface area contributed by atoms with Crippen molar-refractivity contribution in [2.24, 2.45) is 0 Å². The fourth-order valence-electron chi connectivity index (χ4n) is 2.66. The number of urea groups is 1. The Hall–Kier alpha value is -3.15. The number of nitrogens with zero attached hydrogens (tertiary/aromatic N) is 3. The second kappa shape index (κ2) is 7.61. The van der Waals surface area contributed by atoms with Crippen LogP contribution in [0.5, 0.6) is 0 Å². The van der Waals surface area contributed by atoms with Gasteiger partial charge in [0.05, 0.1) is 23.6 Å². The first-order valence-electron chi connectivity index (χ1n) is 8.95. The summed E-state index contributed by atoms with van der Waals surface area (Å²) in [5, 5.41) is 10.4. The molecular formula is C21H25N5O. The highest BCUT2D eigenvalue weighted by molar-refractivity contribution is 5.88. The summed E-state index contributed by atoms with van der Waals surface area (Å²) in [6.07, 6.45) is 1.64. The van der Waals surface area contributed by atoms with E-state index in [9.17, 15) is 4.79 Å². The van der Waals surface area contributed by atoms with E-state index in [1.165, 1.54) is 0 Å². The zero-order valence-corrected chi connectivity index (χ0v) is 16.2. The molecule has 0 radical (unpaired) electrons. The molecule has 2 aromatic heterocycles.